The lowest BCUT2D eigenvalue weighted by atomic mass is 10.1. The minimum Gasteiger partial charge on any atom is -0.0938 e. The molecule has 0 spiro atoms. The number of hydrogen-bond donors (Lipinski definition) is 0. The molecule has 0 unspecified atom stereocenters. The zero-order valence-corrected chi connectivity index (χ0v) is 8.67. The maximum Gasteiger partial charge on any atom is 0.0760 e. The Balaban J connectivity index is 2.46. The summed E-state index contributed by atoms with van der Waals surface area (Å²) in [7, 11) is -1.02. The third kappa shape index (κ3) is 1.37. The molecule has 1 heterocycles. The van der Waals surface area contributed by atoms with Crippen LogP contribution in [0.2, 0.25) is 13.1 Å². The van der Waals surface area contributed by atoms with Crippen LogP contribution >= 0.6 is 0 Å². The first-order valence-corrected chi connectivity index (χ1v) is 7.73. The van der Waals surface area contributed by atoms with Crippen LogP contribution in [0.1, 0.15) is 11.1 Å². The minimum absolute atomic E-state index is 1.02. The highest BCUT2D eigenvalue weighted by Crippen LogP contribution is 2.23. The van der Waals surface area contributed by atoms with Crippen molar-refractivity contribution in [3.63, 3.8) is 0 Å². The second-order valence-corrected chi connectivity index (χ2v) is 8.86. The highest BCUT2D eigenvalue weighted by atomic mass is 28.3. The van der Waals surface area contributed by atoms with Gasteiger partial charge in [-0.05, 0) is 17.2 Å². The largest absolute Gasteiger partial charge is 0.0938 e. The van der Waals surface area contributed by atoms with Gasteiger partial charge < -0.3 is 0 Å². The molecule has 0 bridgehead atoms. The lowest BCUT2D eigenvalue weighted by Crippen LogP contribution is -2.29. The van der Waals surface area contributed by atoms with Crippen molar-refractivity contribution in [1.82, 2.24) is 0 Å². The summed E-state index contributed by atoms with van der Waals surface area (Å²) < 4.78 is 0. The Morgan fingerprint density at radius 1 is 1.17 bits per heavy atom. The van der Waals surface area contributed by atoms with Gasteiger partial charge in [-0.25, -0.2) is 0 Å². The van der Waals surface area contributed by atoms with E-state index in [1.807, 2.05) is 0 Å². The number of hydrogen-bond acceptors (Lipinski definition) is 0. The van der Waals surface area contributed by atoms with Gasteiger partial charge in [0.1, 0.15) is 0 Å². The SMILES string of the molecule is C[Si]1(C)C=Cc2ccccc2C1. The van der Waals surface area contributed by atoms with Crippen molar-refractivity contribution < 1.29 is 0 Å². The normalized spacial score (nSPS) is 18.8. The fraction of sp³-hybridized carbons (Fsp3) is 0.273. The van der Waals surface area contributed by atoms with Gasteiger partial charge in [-0.1, -0.05) is 49.1 Å². The zero-order chi connectivity index (χ0) is 8.60. The Hall–Kier alpha value is -0.823. The van der Waals surface area contributed by atoms with Crippen LogP contribution in [0, 0.1) is 0 Å². The molecule has 1 aliphatic rings. The molecule has 0 amide bonds. The van der Waals surface area contributed by atoms with Gasteiger partial charge in [-0.15, -0.1) is 0 Å². The molecule has 0 radical (unpaired) electrons. The maximum absolute atomic E-state index is 2.44. The van der Waals surface area contributed by atoms with Crippen molar-refractivity contribution in [3.8, 4) is 0 Å². The Bertz CT molecular complexity index is 324. The highest BCUT2D eigenvalue weighted by Gasteiger charge is 2.21. The van der Waals surface area contributed by atoms with E-state index in [0.29, 0.717) is 0 Å². The summed E-state index contributed by atoms with van der Waals surface area (Å²) >= 11 is 0. The molecule has 1 aromatic carbocycles. The van der Waals surface area contributed by atoms with E-state index in [2.05, 4.69) is 49.1 Å². The monoisotopic (exact) mass is 174 g/mol. The van der Waals surface area contributed by atoms with Gasteiger partial charge in [0.05, 0.1) is 8.07 Å². The van der Waals surface area contributed by atoms with Crippen LogP contribution in [0.15, 0.2) is 30.0 Å². The molecule has 0 saturated carbocycles. The smallest absolute Gasteiger partial charge is 0.0760 e. The van der Waals surface area contributed by atoms with Gasteiger partial charge in [0.2, 0.25) is 0 Å². The molecule has 0 aliphatic carbocycles. The molecule has 12 heavy (non-hydrogen) atoms. The van der Waals surface area contributed by atoms with Crippen molar-refractivity contribution in [2.45, 2.75) is 19.1 Å². The summed E-state index contributed by atoms with van der Waals surface area (Å²) in [6.07, 6.45) is 2.30. The van der Waals surface area contributed by atoms with Gasteiger partial charge in [0.25, 0.3) is 0 Å². The van der Waals surface area contributed by atoms with Crippen LogP contribution in [0.25, 0.3) is 6.08 Å². The number of fused-ring (bicyclic) bond motifs is 1. The average molecular weight is 174 g/mol. The molecule has 2 rings (SSSR count). The van der Waals surface area contributed by atoms with Crippen LogP contribution < -0.4 is 0 Å². The molecule has 0 saturated heterocycles. The van der Waals surface area contributed by atoms with E-state index in [0.717, 1.165) is 0 Å². The second kappa shape index (κ2) is 2.59. The van der Waals surface area contributed by atoms with Crippen LogP contribution in [0.5, 0.6) is 0 Å². The molecule has 1 aliphatic heterocycles. The van der Waals surface area contributed by atoms with Gasteiger partial charge in [-0.2, -0.15) is 0 Å². The molecule has 62 valence electrons. The lowest BCUT2D eigenvalue weighted by Gasteiger charge is -2.23. The fourth-order valence-corrected chi connectivity index (χ4v) is 3.78. The summed E-state index contributed by atoms with van der Waals surface area (Å²) in [4.78, 5) is 0. The van der Waals surface area contributed by atoms with E-state index in [9.17, 15) is 0 Å². The Morgan fingerprint density at radius 2 is 1.92 bits per heavy atom. The third-order valence-electron chi connectivity index (χ3n) is 2.42. The lowest BCUT2D eigenvalue weighted by molar-refractivity contribution is 1.29. The molecule has 0 aromatic heterocycles. The van der Waals surface area contributed by atoms with E-state index in [-0.39, 0.29) is 0 Å². The van der Waals surface area contributed by atoms with Crippen LogP contribution in [0.3, 0.4) is 0 Å². The standard InChI is InChI=1S/C11H14Si/c1-12(2)8-7-10-5-3-4-6-11(10)9-12/h3-8H,9H2,1-2H3. The summed E-state index contributed by atoms with van der Waals surface area (Å²) in [6.45, 7) is 4.83. The number of benzene rings is 1. The predicted octanol–water partition coefficient (Wildman–Crippen LogP) is 3.04. The van der Waals surface area contributed by atoms with Crippen molar-refractivity contribution in [2.24, 2.45) is 0 Å². The summed E-state index contributed by atoms with van der Waals surface area (Å²) in [5.41, 5.74) is 5.40. The summed E-state index contributed by atoms with van der Waals surface area (Å²) in [5.74, 6) is 0. The molecule has 1 heteroatoms. The molecular weight excluding hydrogens is 160 g/mol. The van der Waals surface area contributed by atoms with Gasteiger partial charge in [0.15, 0.2) is 0 Å². The van der Waals surface area contributed by atoms with Crippen LogP contribution in [0.4, 0.5) is 0 Å². The Morgan fingerprint density at radius 3 is 2.75 bits per heavy atom. The third-order valence-corrected chi connectivity index (χ3v) is 4.78. The Labute approximate surface area is 74.9 Å². The van der Waals surface area contributed by atoms with Gasteiger partial charge in [-0.3, -0.25) is 0 Å². The quantitative estimate of drug-likeness (QED) is 0.530. The van der Waals surface area contributed by atoms with E-state index in [1.54, 1.807) is 0 Å². The second-order valence-electron chi connectivity index (χ2n) is 4.20. The molecular formula is C11H14Si. The summed E-state index contributed by atoms with van der Waals surface area (Å²) in [6, 6.07) is 10.0. The zero-order valence-electron chi connectivity index (χ0n) is 7.67. The minimum atomic E-state index is -1.02. The van der Waals surface area contributed by atoms with Crippen LogP contribution in [-0.4, -0.2) is 8.07 Å². The van der Waals surface area contributed by atoms with E-state index in [1.165, 1.54) is 17.2 Å². The van der Waals surface area contributed by atoms with Crippen LogP contribution in [-0.2, 0) is 6.04 Å². The molecule has 0 nitrogen and oxygen atoms in total. The van der Waals surface area contributed by atoms with Gasteiger partial charge >= 0.3 is 0 Å². The fourth-order valence-electron chi connectivity index (χ4n) is 1.72. The van der Waals surface area contributed by atoms with Gasteiger partial charge in [0, 0.05) is 0 Å². The number of rotatable bonds is 0. The van der Waals surface area contributed by atoms with Crippen molar-refractivity contribution in [1.29, 1.82) is 0 Å². The molecule has 0 atom stereocenters. The van der Waals surface area contributed by atoms with E-state index >= 15 is 0 Å². The Kier molecular flexibility index (Phi) is 1.69. The molecule has 0 N–H and O–H groups in total. The topological polar surface area (TPSA) is 0 Å². The van der Waals surface area contributed by atoms with E-state index in [4.69, 9.17) is 0 Å². The first-order chi connectivity index (χ1) is 5.67. The predicted molar refractivity (Wildman–Crippen MR) is 56.7 cm³/mol. The average Bonchev–Trinajstić information content (AvgIpc) is 2.02. The first kappa shape index (κ1) is 7.81. The molecule has 1 aromatic rings. The highest BCUT2D eigenvalue weighted by molar-refractivity contribution is 6.82. The van der Waals surface area contributed by atoms with Crippen molar-refractivity contribution >= 4 is 14.1 Å². The molecule has 0 fully saturated rings. The van der Waals surface area contributed by atoms with Crippen molar-refractivity contribution in [2.75, 3.05) is 0 Å². The summed E-state index contributed by atoms with van der Waals surface area (Å²) in [5, 5.41) is 0. The van der Waals surface area contributed by atoms with Crippen molar-refractivity contribution in [3.05, 3.63) is 41.1 Å². The van der Waals surface area contributed by atoms with E-state index < -0.39 is 8.07 Å². The maximum atomic E-state index is 2.44. The first-order valence-electron chi connectivity index (χ1n) is 4.45.